The topological polar surface area (TPSA) is 94.9 Å². The molecule has 4 aromatic rings. The maximum atomic E-state index is 12.8. The highest BCUT2D eigenvalue weighted by atomic mass is 32.2. The van der Waals surface area contributed by atoms with E-state index in [0.29, 0.717) is 23.3 Å². The van der Waals surface area contributed by atoms with Crippen molar-refractivity contribution in [3.63, 3.8) is 0 Å². The first-order chi connectivity index (χ1) is 14.5. The Kier molecular flexibility index (Phi) is 5.36. The van der Waals surface area contributed by atoms with Crippen LogP contribution in [0.4, 0.5) is 5.82 Å². The number of hydrogen-bond acceptors (Lipinski definition) is 5. The van der Waals surface area contributed by atoms with Gasteiger partial charge >= 0.3 is 0 Å². The van der Waals surface area contributed by atoms with Crippen molar-refractivity contribution in [1.29, 1.82) is 5.26 Å². The zero-order valence-electron chi connectivity index (χ0n) is 16.4. The molecule has 3 aromatic carbocycles. The first kappa shape index (κ1) is 19.8. The van der Waals surface area contributed by atoms with Gasteiger partial charge in [-0.25, -0.2) is 18.1 Å². The number of hydrogen-bond donors (Lipinski definition) is 2. The summed E-state index contributed by atoms with van der Waals surface area (Å²) in [6.07, 6.45) is 0. The molecule has 0 atom stereocenters. The molecule has 1 heterocycles. The van der Waals surface area contributed by atoms with Gasteiger partial charge in [0.05, 0.1) is 16.0 Å². The number of rotatable bonds is 6. The Morgan fingerprint density at radius 3 is 2.53 bits per heavy atom. The van der Waals surface area contributed by atoms with Gasteiger partial charge in [0.2, 0.25) is 10.0 Å². The Morgan fingerprint density at radius 1 is 0.967 bits per heavy atom. The average Bonchev–Trinajstić information content (AvgIpc) is 2.76. The molecule has 0 aliphatic heterocycles. The number of nitrogens with one attached hydrogen (secondary N) is 2. The van der Waals surface area contributed by atoms with Gasteiger partial charge in [-0.2, -0.15) is 5.26 Å². The summed E-state index contributed by atoms with van der Waals surface area (Å²) in [5, 5.41) is 15.0. The van der Waals surface area contributed by atoms with E-state index >= 15 is 0 Å². The van der Waals surface area contributed by atoms with Gasteiger partial charge in [-0.3, -0.25) is 0 Å². The molecule has 0 amide bonds. The zero-order chi connectivity index (χ0) is 21.1. The fraction of sp³-hybridized carbons (Fsp3) is 0.130. The summed E-state index contributed by atoms with van der Waals surface area (Å²) in [5.74, 6) is 0.448. The van der Waals surface area contributed by atoms with Gasteiger partial charge in [-0.05, 0) is 30.0 Å². The summed E-state index contributed by atoms with van der Waals surface area (Å²) in [6.45, 7) is 2.41. The van der Waals surface area contributed by atoms with Gasteiger partial charge in [0.25, 0.3) is 0 Å². The molecular formula is C23H20N4O2S. The first-order valence-electron chi connectivity index (χ1n) is 9.51. The van der Waals surface area contributed by atoms with Gasteiger partial charge in [0, 0.05) is 23.9 Å². The van der Waals surface area contributed by atoms with Crippen molar-refractivity contribution in [2.75, 3.05) is 18.4 Å². The lowest BCUT2D eigenvalue weighted by Gasteiger charge is -2.12. The van der Waals surface area contributed by atoms with Gasteiger partial charge in [0.15, 0.2) is 0 Å². The zero-order valence-corrected chi connectivity index (χ0v) is 17.2. The molecule has 0 aliphatic rings. The summed E-state index contributed by atoms with van der Waals surface area (Å²) in [7, 11) is -3.67. The number of nitrogens with zero attached hydrogens (tertiary/aromatic N) is 2. The Bertz CT molecular complexity index is 1390. The summed E-state index contributed by atoms with van der Waals surface area (Å²) >= 11 is 0. The lowest BCUT2D eigenvalue weighted by molar-refractivity contribution is 0.584. The first-order valence-corrected chi connectivity index (χ1v) is 11.0. The normalized spacial score (nSPS) is 11.5. The molecule has 0 aliphatic carbocycles. The van der Waals surface area contributed by atoms with Crippen LogP contribution in [-0.2, 0) is 10.0 Å². The molecule has 0 fully saturated rings. The maximum Gasteiger partial charge on any atom is 0.241 e. The van der Waals surface area contributed by atoms with Gasteiger partial charge in [-0.15, -0.1) is 0 Å². The van der Waals surface area contributed by atoms with E-state index in [1.807, 2.05) is 49.4 Å². The van der Waals surface area contributed by atoms with Crippen molar-refractivity contribution in [1.82, 2.24) is 9.71 Å². The van der Waals surface area contributed by atoms with Crippen LogP contribution in [0.1, 0.15) is 11.1 Å². The molecule has 0 saturated carbocycles. The molecule has 2 N–H and O–H groups in total. The molecule has 0 radical (unpaired) electrons. The second kappa shape index (κ2) is 8.11. The third-order valence-corrected chi connectivity index (χ3v) is 6.44. The van der Waals surface area contributed by atoms with Crippen LogP contribution in [0.5, 0.6) is 0 Å². The van der Waals surface area contributed by atoms with Crippen LogP contribution in [0.15, 0.2) is 71.6 Å². The average molecular weight is 417 g/mol. The number of nitriles is 1. The van der Waals surface area contributed by atoms with Crippen LogP contribution in [0.2, 0.25) is 0 Å². The second-order valence-corrected chi connectivity index (χ2v) is 8.68. The van der Waals surface area contributed by atoms with E-state index in [0.717, 1.165) is 21.9 Å². The number of para-hydroxylation sites is 1. The summed E-state index contributed by atoms with van der Waals surface area (Å²) in [5.41, 5.74) is 2.25. The number of sulfonamides is 1. The minimum absolute atomic E-state index is 0.157. The van der Waals surface area contributed by atoms with E-state index in [4.69, 9.17) is 0 Å². The number of fused-ring (bicyclic) bond motifs is 2. The fourth-order valence-electron chi connectivity index (χ4n) is 3.44. The molecule has 150 valence electrons. The number of pyridine rings is 1. The van der Waals surface area contributed by atoms with Crippen LogP contribution in [0.3, 0.4) is 0 Å². The number of anilines is 1. The highest BCUT2D eigenvalue weighted by Crippen LogP contribution is 2.23. The van der Waals surface area contributed by atoms with E-state index < -0.39 is 10.0 Å². The Labute approximate surface area is 175 Å². The highest BCUT2D eigenvalue weighted by molar-refractivity contribution is 7.89. The summed E-state index contributed by atoms with van der Waals surface area (Å²) in [4.78, 5) is 4.82. The monoisotopic (exact) mass is 416 g/mol. The highest BCUT2D eigenvalue weighted by Gasteiger charge is 2.16. The largest absolute Gasteiger partial charge is 0.368 e. The third-order valence-electron chi connectivity index (χ3n) is 4.92. The van der Waals surface area contributed by atoms with Crippen molar-refractivity contribution in [3.8, 4) is 6.07 Å². The van der Waals surface area contributed by atoms with E-state index in [2.05, 4.69) is 21.1 Å². The van der Waals surface area contributed by atoms with Crippen molar-refractivity contribution < 1.29 is 8.42 Å². The van der Waals surface area contributed by atoms with Crippen molar-refractivity contribution >= 4 is 37.5 Å². The minimum atomic E-state index is -3.67. The molecule has 4 rings (SSSR count). The summed E-state index contributed by atoms with van der Waals surface area (Å²) < 4.78 is 28.2. The molecule has 7 heteroatoms. The Morgan fingerprint density at radius 2 is 1.70 bits per heavy atom. The van der Waals surface area contributed by atoms with E-state index in [9.17, 15) is 13.7 Å². The summed E-state index contributed by atoms with van der Waals surface area (Å²) in [6, 6.07) is 22.3. The number of benzene rings is 3. The lowest BCUT2D eigenvalue weighted by atomic mass is 10.1. The van der Waals surface area contributed by atoms with Crippen molar-refractivity contribution in [2.45, 2.75) is 11.8 Å². The molecule has 0 bridgehead atoms. The van der Waals surface area contributed by atoms with Crippen LogP contribution in [0, 0.1) is 18.3 Å². The standard InChI is InChI=1S/C23H20N4O2S/c1-16-6-4-9-18-14-19(15-24)23(27-22(16)18)25-12-13-26-30(28,29)21-11-5-8-17-7-2-3-10-20(17)21/h2-11,14,26H,12-13H2,1H3,(H,25,27). The molecule has 30 heavy (non-hydrogen) atoms. The molecule has 0 spiro atoms. The maximum absolute atomic E-state index is 12.8. The SMILES string of the molecule is Cc1cccc2cc(C#N)c(NCCNS(=O)(=O)c3cccc4ccccc34)nc12. The van der Waals surface area contributed by atoms with Gasteiger partial charge in [-0.1, -0.05) is 54.6 Å². The Hall–Kier alpha value is -3.47. The molecule has 0 saturated heterocycles. The van der Waals surface area contributed by atoms with Crippen LogP contribution in [0.25, 0.3) is 21.7 Å². The van der Waals surface area contributed by atoms with Crippen molar-refractivity contribution in [3.05, 3.63) is 77.9 Å². The smallest absolute Gasteiger partial charge is 0.241 e. The second-order valence-electron chi connectivity index (χ2n) is 6.94. The van der Waals surface area contributed by atoms with E-state index in [-0.39, 0.29) is 11.4 Å². The fourth-order valence-corrected chi connectivity index (χ4v) is 4.70. The van der Waals surface area contributed by atoms with E-state index in [1.165, 1.54) is 0 Å². The van der Waals surface area contributed by atoms with Crippen molar-refractivity contribution in [2.24, 2.45) is 0 Å². The van der Waals surface area contributed by atoms with Crippen LogP contribution in [-0.4, -0.2) is 26.5 Å². The van der Waals surface area contributed by atoms with E-state index in [1.54, 1.807) is 24.3 Å². The van der Waals surface area contributed by atoms with Crippen LogP contribution >= 0.6 is 0 Å². The molecule has 0 unspecified atom stereocenters. The van der Waals surface area contributed by atoms with Crippen LogP contribution < -0.4 is 10.0 Å². The Balaban J connectivity index is 1.50. The third kappa shape index (κ3) is 3.83. The predicted octanol–water partition coefficient (Wildman–Crippen LogP) is 3.96. The number of aromatic nitrogens is 1. The minimum Gasteiger partial charge on any atom is -0.368 e. The van der Waals surface area contributed by atoms with Gasteiger partial charge in [0.1, 0.15) is 11.9 Å². The predicted molar refractivity (Wildman–Crippen MR) is 119 cm³/mol. The molecular weight excluding hydrogens is 396 g/mol. The quantitative estimate of drug-likeness (QED) is 0.464. The molecule has 1 aromatic heterocycles. The van der Waals surface area contributed by atoms with Gasteiger partial charge < -0.3 is 5.32 Å². The molecule has 6 nitrogen and oxygen atoms in total. The number of aryl methyl sites for hydroxylation is 1. The lowest BCUT2D eigenvalue weighted by Crippen LogP contribution is -2.29.